The van der Waals surface area contributed by atoms with Crippen molar-refractivity contribution in [1.29, 1.82) is 0 Å². The highest BCUT2D eigenvalue weighted by Crippen LogP contribution is 2.40. The number of ether oxygens (including phenoxy) is 3. The number of primary amides is 1. The van der Waals surface area contributed by atoms with E-state index in [1.165, 1.54) is 26.4 Å². The van der Waals surface area contributed by atoms with Crippen LogP contribution in [0.25, 0.3) is 11.1 Å². The Bertz CT molecular complexity index is 1310. The van der Waals surface area contributed by atoms with Crippen LogP contribution in [0.1, 0.15) is 17.4 Å². The molecule has 3 aromatic carbocycles. The molecule has 178 valence electrons. The normalized spacial score (nSPS) is 15.9. The lowest BCUT2D eigenvalue weighted by Gasteiger charge is -2.35. The second-order valence-corrected chi connectivity index (χ2v) is 9.92. The van der Waals surface area contributed by atoms with Crippen LogP contribution < -0.4 is 15.2 Å². The van der Waals surface area contributed by atoms with Crippen LogP contribution in [0.5, 0.6) is 11.5 Å². The van der Waals surface area contributed by atoms with Crippen molar-refractivity contribution in [2.45, 2.75) is 17.5 Å². The van der Waals surface area contributed by atoms with E-state index in [1.54, 1.807) is 36.4 Å². The number of nitrogens with zero attached hydrogens (tertiary/aromatic N) is 1. The van der Waals surface area contributed by atoms with E-state index in [4.69, 9.17) is 31.5 Å². The fraction of sp³-hybridized carbons (Fsp3) is 0.208. The van der Waals surface area contributed by atoms with E-state index in [0.29, 0.717) is 28.5 Å². The van der Waals surface area contributed by atoms with E-state index >= 15 is 0 Å². The molecule has 0 spiro atoms. The number of hydrogen-bond acceptors (Lipinski definition) is 6. The fourth-order valence-corrected chi connectivity index (χ4v) is 5.58. The molecule has 0 fully saturated rings. The van der Waals surface area contributed by atoms with Crippen LogP contribution in [-0.2, 0) is 21.2 Å². The van der Waals surface area contributed by atoms with Gasteiger partial charge < -0.3 is 19.9 Å². The maximum absolute atomic E-state index is 13.6. The van der Waals surface area contributed by atoms with Gasteiger partial charge in [0, 0.05) is 17.1 Å². The summed E-state index contributed by atoms with van der Waals surface area (Å²) in [5.74, 6) is 0.874. The molecule has 10 heteroatoms. The van der Waals surface area contributed by atoms with Gasteiger partial charge in [-0.2, -0.15) is 4.31 Å². The monoisotopic (exact) mass is 502 g/mol. The van der Waals surface area contributed by atoms with Crippen LogP contribution in [0.2, 0.25) is 5.02 Å². The molecule has 2 N–H and O–H groups in total. The maximum Gasteiger partial charge on any atom is 0.406 e. The van der Waals surface area contributed by atoms with E-state index in [-0.39, 0.29) is 11.4 Å². The number of carbonyl (C=O) groups is 1. The van der Waals surface area contributed by atoms with Crippen molar-refractivity contribution in [2.75, 3.05) is 20.8 Å². The number of sulfonamides is 1. The summed E-state index contributed by atoms with van der Waals surface area (Å²) in [4.78, 5) is 11.8. The lowest BCUT2D eigenvalue weighted by molar-refractivity contribution is 0.0292. The Balaban J connectivity index is 1.71. The first-order valence-electron chi connectivity index (χ1n) is 10.3. The van der Waals surface area contributed by atoms with Crippen LogP contribution in [-0.4, -0.2) is 39.6 Å². The molecule has 34 heavy (non-hydrogen) atoms. The van der Waals surface area contributed by atoms with Crippen LogP contribution >= 0.6 is 11.6 Å². The molecule has 1 aliphatic rings. The highest BCUT2D eigenvalue weighted by atomic mass is 35.5. The Kier molecular flexibility index (Phi) is 6.70. The van der Waals surface area contributed by atoms with Gasteiger partial charge in [0.25, 0.3) is 0 Å². The smallest absolute Gasteiger partial charge is 0.406 e. The average Bonchev–Trinajstić information content (AvgIpc) is 2.83. The molecular formula is C24H23ClN2O6S. The van der Waals surface area contributed by atoms with Gasteiger partial charge in [0.1, 0.15) is 0 Å². The standard InChI is InChI=1S/C24H23ClN2O6S/c1-31-21-13-17-11-12-27(23(33-24(26)28)20(17)14-22(21)32-2)34(29,30)19-9-5-16(6-10-19)15-3-7-18(25)8-4-15/h3-10,13-14,23H,11-12H2,1-2H3,(H2,26,28). The maximum atomic E-state index is 13.6. The van der Waals surface area contributed by atoms with Gasteiger partial charge in [-0.05, 0) is 59.5 Å². The lowest BCUT2D eigenvalue weighted by atomic mass is 9.98. The average molecular weight is 503 g/mol. The first kappa shape index (κ1) is 23.9. The summed E-state index contributed by atoms with van der Waals surface area (Å²) < 4.78 is 44.3. The van der Waals surface area contributed by atoms with Gasteiger partial charge >= 0.3 is 6.09 Å². The van der Waals surface area contributed by atoms with Crippen molar-refractivity contribution in [3.05, 3.63) is 76.8 Å². The summed E-state index contributed by atoms with van der Waals surface area (Å²) in [6.07, 6.45) is -1.95. The van der Waals surface area contributed by atoms with Gasteiger partial charge in [-0.15, -0.1) is 0 Å². The quantitative estimate of drug-likeness (QED) is 0.536. The zero-order chi connectivity index (χ0) is 24.5. The van der Waals surface area contributed by atoms with Crippen LogP contribution in [0.15, 0.2) is 65.6 Å². The number of halogens is 1. The minimum Gasteiger partial charge on any atom is -0.493 e. The zero-order valence-electron chi connectivity index (χ0n) is 18.5. The van der Waals surface area contributed by atoms with E-state index in [9.17, 15) is 13.2 Å². The summed E-state index contributed by atoms with van der Waals surface area (Å²) in [6, 6.07) is 17.1. The number of benzene rings is 3. The minimum absolute atomic E-state index is 0.0622. The van der Waals surface area contributed by atoms with Crippen molar-refractivity contribution >= 4 is 27.7 Å². The van der Waals surface area contributed by atoms with Gasteiger partial charge in [0.15, 0.2) is 17.7 Å². The molecule has 1 aliphatic heterocycles. The molecule has 1 amide bonds. The van der Waals surface area contributed by atoms with Gasteiger partial charge in [0.05, 0.1) is 19.1 Å². The molecule has 1 heterocycles. The Morgan fingerprint density at radius 1 is 0.971 bits per heavy atom. The van der Waals surface area contributed by atoms with Gasteiger partial charge in [-0.1, -0.05) is 35.9 Å². The van der Waals surface area contributed by atoms with Gasteiger partial charge in [-0.25, -0.2) is 13.2 Å². The van der Waals surface area contributed by atoms with E-state index in [0.717, 1.165) is 21.0 Å². The minimum atomic E-state index is -4.03. The fourth-order valence-electron chi connectivity index (χ4n) is 3.96. The number of fused-ring (bicyclic) bond motifs is 1. The summed E-state index contributed by atoms with van der Waals surface area (Å²) >= 11 is 5.95. The van der Waals surface area contributed by atoms with E-state index in [2.05, 4.69) is 0 Å². The molecule has 0 aliphatic carbocycles. The topological polar surface area (TPSA) is 108 Å². The third kappa shape index (κ3) is 4.54. The number of nitrogens with two attached hydrogens (primary N) is 1. The summed E-state index contributed by atoms with van der Waals surface area (Å²) in [5.41, 5.74) is 8.27. The van der Waals surface area contributed by atoms with Crippen LogP contribution in [0.3, 0.4) is 0 Å². The number of carbonyl (C=O) groups excluding carboxylic acids is 1. The van der Waals surface area contributed by atoms with Crippen molar-refractivity contribution < 1.29 is 27.4 Å². The van der Waals surface area contributed by atoms with Crippen LogP contribution in [0, 0.1) is 0 Å². The number of methoxy groups -OCH3 is 2. The van der Waals surface area contributed by atoms with Crippen molar-refractivity contribution in [3.8, 4) is 22.6 Å². The number of rotatable bonds is 6. The molecule has 3 aromatic rings. The second kappa shape index (κ2) is 9.54. The Hall–Kier alpha value is -3.27. The Labute approximate surface area is 202 Å². The Morgan fingerprint density at radius 2 is 1.53 bits per heavy atom. The first-order chi connectivity index (χ1) is 16.2. The van der Waals surface area contributed by atoms with Gasteiger partial charge in [-0.3, -0.25) is 0 Å². The van der Waals surface area contributed by atoms with Crippen molar-refractivity contribution in [3.63, 3.8) is 0 Å². The van der Waals surface area contributed by atoms with Gasteiger partial charge in [0.2, 0.25) is 10.0 Å². The molecular weight excluding hydrogens is 480 g/mol. The highest BCUT2D eigenvalue weighted by molar-refractivity contribution is 7.89. The van der Waals surface area contributed by atoms with Crippen molar-refractivity contribution in [1.82, 2.24) is 4.31 Å². The molecule has 0 aromatic heterocycles. The predicted octanol–water partition coefficient (Wildman–Crippen LogP) is 4.37. The lowest BCUT2D eigenvalue weighted by Crippen LogP contribution is -2.42. The largest absolute Gasteiger partial charge is 0.493 e. The summed E-state index contributed by atoms with van der Waals surface area (Å²) in [5, 5.41) is 0.614. The van der Waals surface area contributed by atoms with E-state index in [1.807, 2.05) is 12.1 Å². The number of amides is 1. The third-order valence-electron chi connectivity index (χ3n) is 5.64. The Morgan fingerprint density at radius 3 is 2.09 bits per heavy atom. The molecule has 8 nitrogen and oxygen atoms in total. The molecule has 0 bridgehead atoms. The predicted molar refractivity (Wildman–Crippen MR) is 127 cm³/mol. The summed E-state index contributed by atoms with van der Waals surface area (Å²) in [6.45, 7) is 0.0850. The molecule has 1 atom stereocenters. The second-order valence-electron chi connectivity index (χ2n) is 7.59. The molecule has 0 saturated heterocycles. The highest BCUT2D eigenvalue weighted by Gasteiger charge is 2.39. The van der Waals surface area contributed by atoms with Crippen LogP contribution in [0.4, 0.5) is 4.79 Å². The number of hydrogen-bond donors (Lipinski definition) is 1. The summed E-state index contributed by atoms with van der Waals surface area (Å²) in [7, 11) is -1.06. The molecule has 1 unspecified atom stereocenters. The first-order valence-corrected chi connectivity index (χ1v) is 12.1. The zero-order valence-corrected chi connectivity index (χ0v) is 20.1. The van der Waals surface area contributed by atoms with Crippen molar-refractivity contribution in [2.24, 2.45) is 5.73 Å². The third-order valence-corrected chi connectivity index (χ3v) is 7.75. The SMILES string of the molecule is COc1cc2c(cc1OC)C(OC(N)=O)N(S(=O)(=O)c1ccc(-c3ccc(Cl)cc3)cc1)CC2. The van der Waals surface area contributed by atoms with E-state index < -0.39 is 22.3 Å². The molecule has 4 rings (SSSR count). The molecule has 0 radical (unpaired) electrons. The molecule has 0 saturated carbocycles.